The Hall–Kier alpha value is -2.21. The molecule has 1 amide bonds. The molecule has 1 aliphatic carbocycles. The summed E-state index contributed by atoms with van der Waals surface area (Å²) < 4.78 is 7.83. The van der Waals surface area contributed by atoms with E-state index in [9.17, 15) is 4.79 Å². The van der Waals surface area contributed by atoms with Crippen molar-refractivity contribution in [1.29, 1.82) is 0 Å². The number of aromatic nitrogens is 3. The first kappa shape index (κ1) is 15.3. The Balaban J connectivity index is 1.59. The summed E-state index contributed by atoms with van der Waals surface area (Å²) in [5.41, 5.74) is 2.98. The zero-order valence-corrected chi connectivity index (χ0v) is 13.9. The molecule has 1 atom stereocenters. The average molecular weight is 326 g/mol. The van der Waals surface area contributed by atoms with Crippen molar-refractivity contribution in [1.82, 2.24) is 19.7 Å². The van der Waals surface area contributed by atoms with Gasteiger partial charge in [-0.25, -0.2) is 0 Å². The fraction of sp³-hybridized carbons (Fsp3) is 0.500. The Morgan fingerprint density at radius 1 is 1.29 bits per heavy atom. The van der Waals surface area contributed by atoms with Crippen LogP contribution in [0.15, 0.2) is 30.7 Å². The van der Waals surface area contributed by atoms with Crippen LogP contribution in [0.5, 0.6) is 0 Å². The number of pyridine rings is 1. The Labute approximate surface area is 141 Å². The van der Waals surface area contributed by atoms with Gasteiger partial charge in [0.25, 0.3) is 5.91 Å². The van der Waals surface area contributed by atoms with Crippen molar-refractivity contribution in [3.63, 3.8) is 0 Å². The average Bonchev–Trinajstić information content (AvgIpc) is 3.37. The molecule has 0 N–H and O–H groups in total. The maximum atomic E-state index is 13.0. The molecular weight excluding hydrogens is 304 g/mol. The summed E-state index contributed by atoms with van der Waals surface area (Å²) in [6.45, 7) is 2.01. The fourth-order valence-corrected chi connectivity index (χ4v) is 3.36. The van der Waals surface area contributed by atoms with Gasteiger partial charge in [0.05, 0.1) is 24.5 Å². The summed E-state index contributed by atoms with van der Waals surface area (Å²) in [5.74, 6) is 0.744. The number of aryl methyl sites for hydroxylation is 1. The van der Waals surface area contributed by atoms with Gasteiger partial charge in [0.2, 0.25) is 0 Å². The molecule has 2 aromatic rings. The lowest BCUT2D eigenvalue weighted by Gasteiger charge is -2.36. The van der Waals surface area contributed by atoms with Crippen molar-refractivity contribution in [2.45, 2.75) is 25.3 Å². The molecule has 6 heteroatoms. The van der Waals surface area contributed by atoms with E-state index in [0.717, 1.165) is 18.7 Å². The first-order chi connectivity index (χ1) is 11.7. The highest BCUT2D eigenvalue weighted by molar-refractivity contribution is 5.94. The molecule has 6 nitrogen and oxygen atoms in total. The van der Waals surface area contributed by atoms with Gasteiger partial charge in [0, 0.05) is 38.2 Å². The van der Waals surface area contributed by atoms with Crippen LogP contribution in [0.25, 0.3) is 0 Å². The molecule has 2 aliphatic rings. The van der Waals surface area contributed by atoms with E-state index in [0.29, 0.717) is 24.6 Å². The maximum absolute atomic E-state index is 13.0. The van der Waals surface area contributed by atoms with Crippen LogP contribution in [0.2, 0.25) is 0 Å². The van der Waals surface area contributed by atoms with E-state index in [-0.39, 0.29) is 11.9 Å². The third-order valence-electron chi connectivity index (χ3n) is 4.89. The lowest BCUT2D eigenvalue weighted by molar-refractivity contribution is 0.0348. The van der Waals surface area contributed by atoms with Crippen LogP contribution in [0.1, 0.15) is 40.5 Å². The van der Waals surface area contributed by atoms with Crippen LogP contribution in [0.3, 0.4) is 0 Å². The second-order valence-electron chi connectivity index (χ2n) is 6.66. The third-order valence-corrected chi connectivity index (χ3v) is 4.89. The number of nitrogens with zero attached hydrogens (tertiary/aromatic N) is 4. The van der Waals surface area contributed by atoms with Gasteiger partial charge in [-0.15, -0.1) is 0 Å². The van der Waals surface area contributed by atoms with E-state index in [1.807, 2.05) is 22.8 Å². The Bertz CT molecular complexity index is 724. The minimum absolute atomic E-state index is 0.0317. The number of hydrogen-bond donors (Lipinski definition) is 0. The largest absolute Gasteiger partial charge is 0.379 e. The van der Waals surface area contributed by atoms with E-state index in [4.69, 9.17) is 4.74 Å². The summed E-state index contributed by atoms with van der Waals surface area (Å²) >= 11 is 0. The number of amides is 1. The van der Waals surface area contributed by atoms with Crippen LogP contribution < -0.4 is 0 Å². The Morgan fingerprint density at radius 2 is 2.08 bits per heavy atom. The highest BCUT2D eigenvalue weighted by Gasteiger charge is 2.34. The third kappa shape index (κ3) is 2.94. The summed E-state index contributed by atoms with van der Waals surface area (Å²) in [5, 5.41) is 4.38. The molecule has 2 aromatic heterocycles. The van der Waals surface area contributed by atoms with Crippen LogP contribution in [0.4, 0.5) is 0 Å². The first-order valence-electron chi connectivity index (χ1n) is 8.53. The summed E-state index contributed by atoms with van der Waals surface area (Å²) in [6, 6.07) is 3.45. The minimum Gasteiger partial charge on any atom is -0.379 e. The smallest absolute Gasteiger partial charge is 0.254 e. The SMILES string of the molecule is Cn1ncc2c1C(COCC1CC1)N(C(=O)c1ccncc1)CC2. The van der Waals surface area contributed by atoms with Crippen LogP contribution in [-0.2, 0) is 18.2 Å². The van der Waals surface area contributed by atoms with E-state index in [1.54, 1.807) is 24.5 Å². The van der Waals surface area contributed by atoms with Crippen LogP contribution >= 0.6 is 0 Å². The number of rotatable bonds is 5. The zero-order valence-electron chi connectivity index (χ0n) is 13.9. The van der Waals surface area contributed by atoms with Gasteiger partial charge in [-0.1, -0.05) is 0 Å². The van der Waals surface area contributed by atoms with Crippen LogP contribution in [0, 0.1) is 5.92 Å². The van der Waals surface area contributed by atoms with E-state index < -0.39 is 0 Å². The van der Waals surface area contributed by atoms with Crippen molar-refractivity contribution in [3.05, 3.63) is 47.5 Å². The highest BCUT2D eigenvalue weighted by atomic mass is 16.5. The molecule has 0 saturated heterocycles. The second kappa shape index (κ2) is 6.36. The number of carbonyl (C=O) groups is 1. The summed E-state index contributed by atoms with van der Waals surface area (Å²) in [6.07, 6.45) is 8.59. The standard InChI is InChI=1S/C18H22N4O2/c1-21-17-15(10-20-21)6-9-22(16(17)12-24-11-13-2-3-13)18(23)14-4-7-19-8-5-14/h4-5,7-8,10,13,16H,2-3,6,9,11-12H2,1H3. The quantitative estimate of drug-likeness (QED) is 0.843. The van der Waals surface area contributed by atoms with Gasteiger partial charge >= 0.3 is 0 Å². The van der Waals surface area contributed by atoms with Crippen molar-refractivity contribution in [3.8, 4) is 0 Å². The van der Waals surface area contributed by atoms with Crippen molar-refractivity contribution in [2.75, 3.05) is 19.8 Å². The highest BCUT2D eigenvalue weighted by Crippen LogP contribution is 2.33. The minimum atomic E-state index is -0.0827. The number of hydrogen-bond acceptors (Lipinski definition) is 4. The first-order valence-corrected chi connectivity index (χ1v) is 8.53. The molecule has 0 bridgehead atoms. The monoisotopic (exact) mass is 326 g/mol. The summed E-state index contributed by atoms with van der Waals surface area (Å²) in [4.78, 5) is 18.9. The molecule has 0 aromatic carbocycles. The van der Waals surface area contributed by atoms with E-state index in [1.165, 1.54) is 18.4 Å². The topological polar surface area (TPSA) is 60.2 Å². The predicted octanol–water partition coefficient (Wildman–Crippen LogP) is 1.98. The number of carbonyl (C=O) groups excluding carboxylic acids is 1. The number of ether oxygens (including phenoxy) is 1. The van der Waals surface area contributed by atoms with Gasteiger partial charge < -0.3 is 9.64 Å². The molecule has 4 rings (SSSR count). The van der Waals surface area contributed by atoms with Crippen molar-refractivity contribution in [2.24, 2.45) is 13.0 Å². The van der Waals surface area contributed by atoms with E-state index in [2.05, 4.69) is 10.1 Å². The van der Waals surface area contributed by atoms with Gasteiger partial charge in [-0.2, -0.15) is 5.10 Å². The molecule has 24 heavy (non-hydrogen) atoms. The molecule has 126 valence electrons. The lowest BCUT2D eigenvalue weighted by atomic mass is 9.99. The Kier molecular flexibility index (Phi) is 4.06. The molecule has 0 radical (unpaired) electrons. The molecule has 0 spiro atoms. The molecule has 1 saturated carbocycles. The van der Waals surface area contributed by atoms with Crippen LogP contribution in [-0.4, -0.2) is 45.3 Å². The summed E-state index contributed by atoms with van der Waals surface area (Å²) in [7, 11) is 1.94. The molecule has 1 unspecified atom stereocenters. The fourth-order valence-electron chi connectivity index (χ4n) is 3.36. The van der Waals surface area contributed by atoms with Gasteiger partial charge in [0.15, 0.2) is 0 Å². The van der Waals surface area contributed by atoms with Crippen molar-refractivity contribution < 1.29 is 9.53 Å². The molecule has 1 aliphatic heterocycles. The van der Waals surface area contributed by atoms with Gasteiger partial charge in [-0.05, 0) is 42.9 Å². The second-order valence-corrected chi connectivity index (χ2v) is 6.66. The number of fused-ring (bicyclic) bond motifs is 1. The van der Waals surface area contributed by atoms with E-state index >= 15 is 0 Å². The normalized spacial score (nSPS) is 20.0. The molecule has 1 fully saturated rings. The lowest BCUT2D eigenvalue weighted by Crippen LogP contribution is -2.42. The Morgan fingerprint density at radius 3 is 2.83 bits per heavy atom. The van der Waals surface area contributed by atoms with Gasteiger partial charge in [0.1, 0.15) is 0 Å². The van der Waals surface area contributed by atoms with Crippen molar-refractivity contribution >= 4 is 5.91 Å². The predicted molar refractivity (Wildman–Crippen MR) is 88.5 cm³/mol. The molecule has 3 heterocycles. The zero-order chi connectivity index (χ0) is 16.5. The van der Waals surface area contributed by atoms with Gasteiger partial charge in [-0.3, -0.25) is 14.5 Å². The maximum Gasteiger partial charge on any atom is 0.254 e. The molecular formula is C18H22N4O2.